The molecule has 0 unspecified atom stereocenters. The average Bonchev–Trinajstić information content (AvgIpc) is 3.42. The first-order valence-corrected chi connectivity index (χ1v) is 14.0. The predicted molar refractivity (Wildman–Crippen MR) is 162 cm³/mol. The van der Waals surface area contributed by atoms with Crippen LogP contribution in [0.15, 0.2) is 112 Å². The van der Waals surface area contributed by atoms with Gasteiger partial charge in [0, 0.05) is 32.8 Å². The van der Waals surface area contributed by atoms with Crippen molar-refractivity contribution < 1.29 is 9.53 Å². The van der Waals surface area contributed by atoms with Gasteiger partial charge in [-0.15, -0.1) is 11.3 Å². The maximum absolute atomic E-state index is 12.6. The first-order valence-electron chi connectivity index (χ1n) is 11.9. The van der Waals surface area contributed by atoms with Crippen LogP contribution in [0.1, 0.15) is 21.5 Å². The largest absolute Gasteiger partial charge is 0.488 e. The third-order valence-electron chi connectivity index (χ3n) is 5.65. The highest BCUT2D eigenvalue weighted by Crippen LogP contribution is 2.28. The summed E-state index contributed by atoms with van der Waals surface area (Å²) >= 11 is 11.2. The second kappa shape index (κ2) is 12.7. The van der Waals surface area contributed by atoms with Crippen molar-refractivity contribution in [1.82, 2.24) is 10.4 Å². The summed E-state index contributed by atoms with van der Waals surface area (Å²) in [6.07, 6.45) is 1.57. The minimum Gasteiger partial charge on any atom is -0.488 e. The lowest BCUT2D eigenvalue weighted by Gasteiger charge is -2.10. The summed E-state index contributed by atoms with van der Waals surface area (Å²) in [5.41, 5.74) is 7.52. The Morgan fingerprint density at radius 2 is 1.77 bits per heavy atom. The first kappa shape index (κ1) is 26.6. The lowest BCUT2D eigenvalue weighted by atomic mass is 10.1. The van der Waals surface area contributed by atoms with Crippen molar-refractivity contribution in [2.75, 3.05) is 5.32 Å². The molecule has 6 nitrogen and oxygen atoms in total. The molecule has 1 heterocycles. The van der Waals surface area contributed by atoms with Crippen molar-refractivity contribution in [2.45, 2.75) is 6.61 Å². The van der Waals surface area contributed by atoms with Gasteiger partial charge in [-0.1, -0.05) is 60.1 Å². The molecule has 0 atom stereocenters. The Kier molecular flexibility index (Phi) is 8.68. The topological polar surface area (TPSA) is 75.6 Å². The quantitative estimate of drug-likeness (QED) is 0.129. The molecule has 0 saturated carbocycles. The van der Waals surface area contributed by atoms with Crippen molar-refractivity contribution >= 4 is 61.8 Å². The van der Waals surface area contributed by atoms with Crippen molar-refractivity contribution in [2.24, 2.45) is 5.10 Å². The van der Waals surface area contributed by atoms with Crippen LogP contribution in [0.25, 0.3) is 11.3 Å². The van der Waals surface area contributed by atoms with Gasteiger partial charge >= 0.3 is 0 Å². The van der Waals surface area contributed by atoms with Crippen LogP contribution in [-0.2, 0) is 6.61 Å². The van der Waals surface area contributed by atoms with E-state index in [1.807, 2.05) is 90.3 Å². The fraction of sp³-hybridized carbons (Fsp3) is 0.0333. The molecule has 0 aliphatic rings. The molecule has 39 heavy (non-hydrogen) atoms. The van der Waals surface area contributed by atoms with Gasteiger partial charge in [0.25, 0.3) is 5.91 Å². The molecule has 194 valence electrons. The van der Waals surface area contributed by atoms with Crippen LogP contribution in [-0.4, -0.2) is 17.1 Å². The van der Waals surface area contributed by atoms with Gasteiger partial charge in [0.15, 0.2) is 5.13 Å². The van der Waals surface area contributed by atoms with Crippen molar-refractivity contribution in [1.29, 1.82) is 0 Å². The Hall–Kier alpha value is -3.98. The third kappa shape index (κ3) is 7.11. The van der Waals surface area contributed by atoms with Crippen LogP contribution < -0.4 is 15.5 Å². The SMILES string of the molecule is O=C(N/N=C\c1ccc(OCc2ccccc2Cl)c(Br)c1)c1ccc(-c2csc(Nc3ccccc3)n2)cc1. The number of nitrogens with zero attached hydrogens (tertiary/aromatic N) is 2. The first-order chi connectivity index (χ1) is 19.0. The van der Waals surface area contributed by atoms with Crippen LogP contribution in [0, 0.1) is 0 Å². The zero-order chi connectivity index (χ0) is 27.0. The van der Waals surface area contributed by atoms with Crippen LogP contribution in [0.2, 0.25) is 5.02 Å². The standard InChI is InChI=1S/C30H22BrClN4O2S/c31-25-16-20(10-15-28(25)38-18-23-6-4-5-9-26(23)32)17-33-36-29(37)22-13-11-21(12-14-22)27-19-39-30(35-27)34-24-7-2-1-3-8-24/h1-17,19H,18H2,(H,34,35)(H,36,37)/b33-17-. The number of hydrogen-bond donors (Lipinski definition) is 2. The molecule has 9 heteroatoms. The zero-order valence-corrected chi connectivity index (χ0v) is 23.6. The number of para-hydroxylation sites is 1. The van der Waals surface area contributed by atoms with E-state index >= 15 is 0 Å². The number of aromatic nitrogens is 1. The predicted octanol–water partition coefficient (Wildman–Crippen LogP) is 8.31. The van der Waals surface area contributed by atoms with E-state index in [0.29, 0.717) is 22.9 Å². The van der Waals surface area contributed by atoms with E-state index in [2.05, 4.69) is 36.8 Å². The number of ether oxygens (including phenoxy) is 1. The van der Waals surface area contributed by atoms with Crippen molar-refractivity contribution in [3.63, 3.8) is 0 Å². The number of hydrazone groups is 1. The summed E-state index contributed by atoms with van der Waals surface area (Å²) in [4.78, 5) is 17.2. The minimum atomic E-state index is -0.304. The summed E-state index contributed by atoms with van der Waals surface area (Å²) < 4.78 is 6.64. The van der Waals surface area contributed by atoms with Gasteiger partial charge in [-0.2, -0.15) is 5.10 Å². The molecule has 0 aliphatic carbocycles. The summed E-state index contributed by atoms with van der Waals surface area (Å²) in [6.45, 7) is 0.356. The molecule has 4 aromatic carbocycles. The number of carbonyl (C=O) groups is 1. The number of amides is 1. The van der Waals surface area contributed by atoms with Gasteiger partial charge in [-0.25, -0.2) is 10.4 Å². The Morgan fingerprint density at radius 1 is 1.00 bits per heavy atom. The summed E-state index contributed by atoms with van der Waals surface area (Å²) in [6, 6.07) is 30.3. The smallest absolute Gasteiger partial charge is 0.271 e. The Labute approximate surface area is 243 Å². The van der Waals surface area contributed by atoms with Crippen LogP contribution in [0.3, 0.4) is 0 Å². The lowest BCUT2D eigenvalue weighted by Crippen LogP contribution is -2.17. The highest BCUT2D eigenvalue weighted by atomic mass is 79.9. The normalized spacial score (nSPS) is 10.9. The average molecular weight is 618 g/mol. The van der Waals surface area contributed by atoms with Crippen molar-refractivity contribution in [3.8, 4) is 17.0 Å². The highest BCUT2D eigenvalue weighted by molar-refractivity contribution is 9.10. The molecule has 0 aliphatic heterocycles. The van der Waals surface area contributed by atoms with Gasteiger partial charge in [0.1, 0.15) is 12.4 Å². The number of hydrogen-bond acceptors (Lipinski definition) is 6. The maximum Gasteiger partial charge on any atom is 0.271 e. The number of carbonyl (C=O) groups excluding carboxylic acids is 1. The molecule has 1 amide bonds. The van der Waals surface area contributed by atoms with Gasteiger partial charge in [-0.05, 0) is 70.0 Å². The van der Waals surface area contributed by atoms with E-state index in [0.717, 1.165) is 37.7 Å². The number of thiazole rings is 1. The number of anilines is 2. The number of benzene rings is 4. The molecule has 1 aromatic heterocycles. The summed E-state index contributed by atoms with van der Waals surface area (Å²) in [5, 5.41) is 10.8. The summed E-state index contributed by atoms with van der Waals surface area (Å²) in [5.74, 6) is 0.376. The van der Waals surface area contributed by atoms with Crippen molar-refractivity contribution in [3.05, 3.63) is 129 Å². The second-order valence-electron chi connectivity index (χ2n) is 8.38. The maximum atomic E-state index is 12.6. The zero-order valence-electron chi connectivity index (χ0n) is 20.5. The molecule has 0 spiro atoms. The third-order valence-corrected chi connectivity index (χ3v) is 7.39. The van der Waals surface area contributed by atoms with E-state index in [1.54, 1.807) is 18.3 Å². The molecule has 2 N–H and O–H groups in total. The molecule has 0 bridgehead atoms. The van der Waals surface area contributed by atoms with Crippen LogP contribution in [0.4, 0.5) is 10.8 Å². The molecule has 5 rings (SSSR count). The molecule has 0 fully saturated rings. The highest BCUT2D eigenvalue weighted by Gasteiger charge is 2.09. The van der Waals surface area contributed by atoms with Gasteiger partial charge in [-0.3, -0.25) is 4.79 Å². The second-order valence-corrected chi connectivity index (χ2v) is 10.5. The monoisotopic (exact) mass is 616 g/mol. The molecule has 0 radical (unpaired) electrons. The minimum absolute atomic E-state index is 0.304. The molecular formula is C30H22BrClN4O2S. The fourth-order valence-corrected chi connectivity index (χ4v) is 5.06. The molecule has 5 aromatic rings. The van der Waals surface area contributed by atoms with E-state index < -0.39 is 0 Å². The molecular weight excluding hydrogens is 596 g/mol. The van der Waals surface area contributed by atoms with E-state index in [4.69, 9.17) is 16.3 Å². The van der Waals surface area contributed by atoms with Gasteiger partial charge in [0.2, 0.25) is 0 Å². The Bertz CT molecular complexity index is 1610. The lowest BCUT2D eigenvalue weighted by molar-refractivity contribution is 0.0955. The summed E-state index contributed by atoms with van der Waals surface area (Å²) in [7, 11) is 0. The number of halogens is 2. The van der Waals surface area contributed by atoms with E-state index in [-0.39, 0.29) is 5.91 Å². The van der Waals surface area contributed by atoms with E-state index in [1.165, 1.54) is 11.3 Å². The van der Waals surface area contributed by atoms with Crippen LogP contribution >= 0.6 is 38.9 Å². The Morgan fingerprint density at radius 3 is 2.54 bits per heavy atom. The number of rotatable bonds is 9. The van der Waals surface area contributed by atoms with Crippen LogP contribution in [0.5, 0.6) is 5.75 Å². The van der Waals surface area contributed by atoms with Gasteiger partial charge in [0.05, 0.1) is 16.4 Å². The Balaban J connectivity index is 1.15. The fourth-order valence-electron chi connectivity index (χ4n) is 3.62. The number of nitrogens with one attached hydrogen (secondary N) is 2. The van der Waals surface area contributed by atoms with Gasteiger partial charge < -0.3 is 10.1 Å². The molecule has 0 saturated heterocycles. The van der Waals surface area contributed by atoms with E-state index in [9.17, 15) is 4.79 Å².